The van der Waals surface area contributed by atoms with Gasteiger partial charge in [0.15, 0.2) is 0 Å². The van der Waals surface area contributed by atoms with Crippen LogP contribution in [0, 0.1) is 0 Å². The number of carbonyl (C=O) groups is 2. The van der Waals surface area contributed by atoms with Gasteiger partial charge in [-0.25, -0.2) is 0 Å². The Morgan fingerprint density at radius 3 is 1.37 bits per heavy atom. The second kappa shape index (κ2) is 18.9. The Morgan fingerprint density at radius 2 is 0.976 bits per heavy atom. The number of carboxylic acid groups (broad SMARTS) is 1. The van der Waals surface area contributed by atoms with Crippen LogP contribution in [0.5, 0.6) is 0 Å². The van der Waals surface area contributed by atoms with Crippen LogP contribution in [0.4, 0.5) is 0 Å². The molecule has 4 nitrogen and oxygen atoms in total. The third kappa shape index (κ3) is 11.3. The molecule has 0 amide bonds. The number of hydrogen-bond acceptors (Lipinski definition) is 5. The van der Waals surface area contributed by atoms with Gasteiger partial charge in [0.1, 0.15) is 0 Å². The fraction of sp³-hybridized carbons (Fsp3) is 0.588. The van der Waals surface area contributed by atoms with E-state index in [0.717, 1.165) is 80.9 Å². The molecule has 0 radical (unpaired) electrons. The molecule has 0 saturated carbocycles. The maximum atomic E-state index is 14.3. The van der Waals surface area contributed by atoms with Crippen LogP contribution < -0.4 is 0 Å². The first-order valence-electron chi connectivity index (χ1n) is 15.8. The van der Waals surface area contributed by atoms with Gasteiger partial charge in [-0.2, -0.15) is 0 Å². The Hall–Kier alpha value is -1.49. The van der Waals surface area contributed by atoms with E-state index in [1.54, 1.807) is 12.1 Å². The molecule has 0 spiro atoms. The number of carbonyl (C=O) groups excluding carboxylic acids is 1. The van der Waals surface area contributed by atoms with Crippen LogP contribution in [-0.2, 0) is 4.52 Å². The molecule has 7 heteroatoms. The van der Waals surface area contributed by atoms with Crippen LogP contribution in [0.25, 0.3) is 0 Å². The van der Waals surface area contributed by atoms with E-state index < -0.39 is 12.8 Å². The van der Waals surface area contributed by atoms with E-state index in [0.29, 0.717) is 10.5 Å². The minimum atomic E-state index is -2.83. The van der Waals surface area contributed by atoms with Gasteiger partial charge in [0.05, 0.1) is 0 Å². The molecule has 0 unspecified atom stereocenters. The van der Waals surface area contributed by atoms with E-state index >= 15 is 0 Å². The number of carboxylic acids is 1. The molecule has 2 rings (SSSR count). The minimum absolute atomic E-state index is 0.182. The van der Waals surface area contributed by atoms with E-state index in [4.69, 9.17) is 4.52 Å². The summed E-state index contributed by atoms with van der Waals surface area (Å²) in [7, 11) is 2.82. The second-order valence-electron chi connectivity index (χ2n) is 11.4. The van der Waals surface area contributed by atoms with Crippen LogP contribution in [0.15, 0.2) is 58.3 Å². The average Bonchev–Trinajstić information content (AvgIpc) is 2.97. The number of unbranched alkanes of at least 4 members (excludes halogenated alkanes) is 8. The van der Waals surface area contributed by atoms with Crippen LogP contribution in [0.1, 0.15) is 125 Å². The predicted molar refractivity (Wildman–Crippen MR) is 181 cm³/mol. The van der Waals surface area contributed by atoms with Crippen molar-refractivity contribution in [1.29, 1.82) is 0 Å². The van der Waals surface area contributed by atoms with Crippen molar-refractivity contribution in [2.24, 2.45) is 0 Å². The first-order chi connectivity index (χ1) is 19.8. The molecule has 2 aromatic rings. The van der Waals surface area contributed by atoms with E-state index in [1.165, 1.54) is 47.3 Å². The van der Waals surface area contributed by atoms with Gasteiger partial charge in [-0.05, 0) is 0 Å². The summed E-state index contributed by atoms with van der Waals surface area (Å²) in [4.78, 5) is 27.5. The zero-order valence-electron chi connectivity index (χ0n) is 25.9. The molecule has 0 aromatic heterocycles. The van der Waals surface area contributed by atoms with E-state index in [9.17, 15) is 14.7 Å². The van der Waals surface area contributed by atoms with E-state index in [-0.39, 0.29) is 11.5 Å². The number of aromatic carboxylic acids is 1. The van der Waals surface area contributed by atoms with E-state index in [2.05, 4.69) is 27.7 Å². The standard InChI is InChI=1S/C34H53O4PS2/c1-5-9-17-25-39(26-18-10-6-2,27-19-11-7-3,28-20-12-8-4)38-34(37)30-22-14-16-24-32(30)41-40-31-23-15-13-21-29(31)33(35)36/h13-16,21-24H,5-12,17-20,25-28H2,1-4H3,(H,35,36). The molecular formula is C34H53O4PS2. The molecule has 0 aliphatic rings. The number of benzene rings is 2. The summed E-state index contributed by atoms with van der Waals surface area (Å²) in [6.07, 6.45) is 18.1. The van der Waals surface area contributed by atoms with E-state index in [1.807, 2.05) is 36.4 Å². The molecule has 2 aromatic carbocycles. The molecule has 0 aliphatic heterocycles. The molecule has 0 atom stereocenters. The summed E-state index contributed by atoms with van der Waals surface area (Å²) in [5, 5.41) is 9.62. The molecule has 0 fully saturated rings. The Kier molecular flexibility index (Phi) is 16.5. The Labute approximate surface area is 257 Å². The molecule has 0 saturated heterocycles. The van der Waals surface area contributed by atoms with Gasteiger partial charge < -0.3 is 0 Å². The SMILES string of the molecule is CCCCCP(CCCCC)(CCCCC)(CCCCC)OC(=O)c1ccccc1SSc1ccccc1C(=O)O. The van der Waals surface area contributed by atoms with Gasteiger partial charge in [-0.3, -0.25) is 0 Å². The van der Waals surface area contributed by atoms with Gasteiger partial charge >= 0.3 is 258 Å². The second-order valence-corrected chi connectivity index (χ2v) is 19.3. The molecule has 41 heavy (non-hydrogen) atoms. The summed E-state index contributed by atoms with van der Waals surface area (Å²) in [6, 6.07) is 14.7. The van der Waals surface area contributed by atoms with Crippen molar-refractivity contribution in [3.63, 3.8) is 0 Å². The topological polar surface area (TPSA) is 63.6 Å². The number of rotatable bonds is 22. The first-order valence-corrected chi connectivity index (χ1v) is 20.9. The monoisotopic (exact) mass is 620 g/mol. The fourth-order valence-electron chi connectivity index (χ4n) is 5.70. The predicted octanol–water partition coefficient (Wildman–Crippen LogP) is 11.6. The van der Waals surface area contributed by atoms with Crippen molar-refractivity contribution in [2.75, 3.05) is 24.6 Å². The van der Waals surface area contributed by atoms with Crippen molar-refractivity contribution < 1.29 is 19.2 Å². The third-order valence-corrected chi connectivity index (χ3v) is 17.0. The maximum absolute atomic E-state index is 14.3. The van der Waals surface area contributed by atoms with Crippen LogP contribution >= 0.6 is 28.4 Å². The van der Waals surface area contributed by atoms with Gasteiger partial charge in [0.2, 0.25) is 0 Å². The van der Waals surface area contributed by atoms with Crippen molar-refractivity contribution in [2.45, 2.75) is 115 Å². The van der Waals surface area contributed by atoms with Crippen molar-refractivity contribution in [3.05, 3.63) is 59.7 Å². The zero-order valence-corrected chi connectivity index (χ0v) is 28.4. The first kappa shape index (κ1) is 35.7. The van der Waals surface area contributed by atoms with Crippen LogP contribution in [0.2, 0.25) is 0 Å². The Morgan fingerprint density at radius 1 is 0.610 bits per heavy atom. The average molecular weight is 621 g/mol. The van der Waals surface area contributed by atoms with Gasteiger partial charge in [0.25, 0.3) is 0 Å². The zero-order chi connectivity index (χ0) is 30.0. The fourth-order valence-corrected chi connectivity index (χ4v) is 14.4. The van der Waals surface area contributed by atoms with Crippen LogP contribution in [0.3, 0.4) is 0 Å². The molecular weight excluding hydrogens is 567 g/mol. The van der Waals surface area contributed by atoms with Crippen molar-refractivity contribution in [1.82, 2.24) is 0 Å². The molecule has 0 bridgehead atoms. The normalized spacial score (nSPS) is 12.5. The summed E-state index contributed by atoms with van der Waals surface area (Å²) in [6.45, 7) is 6.17. The summed E-state index contributed by atoms with van der Waals surface area (Å²) in [5.41, 5.74) is 0.873. The summed E-state index contributed by atoms with van der Waals surface area (Å²) in [5.74, 6) is -1.13. The summed E-state index contributed by atoms with van der Waals surface area (Å²) < 4.78 is 7.13. The quantitative estimate of drug-likeness (QED) is 0.0802. The van der Waals surface area contributed by atoms with Crippen molar-refractivity contribution >= 4 is 40.4 Å². The Balaban J connectivity index is 2.47. The molecule has 0 heterocycles. The summed E-state index contributed by atoms with van der Waals surface area (Å²) >= 11 is 0. The molecule has 0 aliphatic carbocycles. The Bertz CT molecular complexity index is 1020. The van der Waals surface area contributed by atoms with Gasteiger partial charge in [-0.15, -0.1) is 0 Å². The molecule has 1 N–H and O–H groups in total. The third-order valence-electron chi connectivity index (χ3n) is 8.10. The van der Waals surface area contributed by atoms with Gasteiger partial charge in [0, 0.05) is 0 Å². The van der Waals surface area contributed by atoms with Crippen LogP contribution in [-0.4, -0.2) is 41.7 Å². The number of hydrogen-bond donors (Lipinski definition) is 1. The van der Waals surface area contributed by atoms with Gasteiger partial charge in [-0.1, -0.05) is 0 Å². The van der Waals surface area contributed by atoms with Crippen molar-refractivity contribution in [3.8, 4) is 0 Å². The molecule has 230 valence electrons.